The Hall–Kier alpha value is -2.87. The predicted octanol–water partition coefficient (Wildman–Crippen LogP) is 3.85. The summed E-state index contributed by atoms with van der Waals surface area (Å²) >= 11 is 0. The number of piperazine rings is 1. The van der Waals surface area contributed by atoms with Gasteiger partial charge in [-0.05, 0) is 48.9 Å². The summed E-state index contributed by atoms with van der Waals surface area (Å²) in [5.74, 6) is 0.849. The monoisotopic (exact) mass is 465 g/mol. The van der Waals surface area contributed by atoms with Crippen molar-refractivity contribution in [2.45, 2.75) is 17.9 Å². The van der Waals surface area contributed by atoms with Crippen molar-refractivity contribution in [3.05, 3.63) is 90.0 Å². The summed E-state index contributed by atoms with van der Waals surface area (Å²) in [4.78, 5) is 5.02. The van der Waals surface area contributed by atoms with E-state index in [0.717, 1.165) is 43.1 Å². The molecule has 1 aliphatic heterocycles. The molecule has 174 valence electrons. The van der Waals surface area contributed by atoms with E-state index in [9.17, 15) is 8.42 Å². The van der Waals surface area contributed by atoms with Crippen LogP contribution in [0, 0.1) is 6.92 Å². The van der Waals surface area contributed by atoms with E-state index in [4.69, 9.17) is 4.74 Å². The number of nitrogens with one attached hydrogen (secondary N) is 1. The normalized spacial score (nSPS) is 15.9. The molecule has 1 aliphatic rings. The van der Waals surface area contributed by atoms with Crippen molar-refractivity contribution in [1.29, 1.82) is 0 Å². The molecule has 0 unspecified atom stereocenters. The lowest BCUT2D eigenvalue weighted by Crippen LogP contribution is -2.49. The van der Waals surface area contributed by atoms with E-state index in [2.05, 4.69) is 38.8 Å². The van der Waals surface area contributed by atoms with Gasteiger partial charge >= 0.3 is 0 Å². The van der Waals surface area contributed by atoms with Gasteiger partial charge in [0, 0.05) is 44.5 Å². The fourth-order valence-corrected chi connectivity index (χ4v) is 5.25. The van der Waals surface area contributed by atoms with Gasteiger partial charge in [0.05, 0.1) is 12.0 Å². The van der Waals surface area contributed by atoms with Gasteiger partial charge in [0.25, 0.3) is 0 Å². The van der Waals surface area contributed by atoms with Gasteiger partial charge in [-0.25, -0.2) is 13.1 Å². The van der Waals surface area contributed by atoms with Crippen LogP contribution in [0.3, 0.4) is 0 Å². The fraction of sp³-hybridized carbons (Fsp3) is 0.308. The van der Waals surface area contributed by atoms with Crippen molar-refractivity contribution in [2.24, 2.45) is 0 Å². The maximum Gasteiger partial charge on any atom is 0.240 e. The number of ether oxygens (including phenoxy) is 1. The summed E-state index contributed by atoms with van der Waals surface area (Å²) in [7, 11) is -1.91. The first-order chi connectivity index (χ1) is 16.0. The third-order valence-electron chi connectivity index (χ3n) is 6.17. The first-order valence-corrected chi connectivity index (χ1v) is 12.7. The second-order valence-corrected chi connectivity index (χ2v) is 10.1. The molecular weight excluding hydrogens is 434 g/mol. The van der Waals surface area contributed by atoms with E-state index in [1.807, 2.05) is 49.4 Å². The minimum atomic E-state index is -3.58. The van der Waals surface area contributed by atoms with Gasteiger partial charge in [-0.1, -0.05) is 48.0 Å². The predicted molar refractivity (Wildman–Crippen MR) is 132 cm³/mol. The van der Waals surface area contributed by atoms with E-state index < -0.39 is 10.0 Å². The highest BCUT2D eigenvalue weighted by molar-refractivity contribution is 7.89. The third-order valence-corrected chi connectivity index (χ3v) is 7.61. The molecule has 0 amide bonds. The van der Waals surface area contributed by atoms with Gasteiger partial charge in [0.15, 0.2) is 0 Å². The number of hydrogen-bond acceptors (Lipinski definition) is 5. The molecule has 4 rings (SSSR count). The molecule has 0 aromatic heterocycles. The molecule has 3 aromatic rings. The SMILES string of the molecule is COc1ccc(N2CCN([C@H](CNS(=O)(=O)c3ccc(C)cc3)c3ccccc3)CC2)cc1. The number of methoxy groups -OCH3 is 1. The Kier molecular flexibility index (Phi) is 7.33. The molecule has 0 saturated carbocycles. The van der Waals surface area contributed by atoms with Gasteiger partial charge < -0.3 is 9.64 Å². The van der Waals surface area contributed by atoms with Crippen molar-refractivity contribution in [3.63, 3.8) is 0 Å². The van der Waals surface area contributed by atoms with E-state index in [1.165, 1.54) is 5.69 Å². The Morgan fingerprint density at radius 2 is 1.52 bits per heavy atom. The van der Waals surface area contributed by atoms with Gasteiger partial charge in [-0.3, -0.25) is 4.90 Å². The van der Waals surface area contributed by atoms with Crippen molar-refractivity contribution in [3.8, 4) is 5.75 Å². The largest absolute Gasteiger partial charge is 0.497 e. The van der Waals surface area contributed by atoms with E-state index >= 15 is 0 Å². The Morgan fingerprint density at radius 1 is 0.879 bits per heavy atom. The highest BCUT2D eigenvalue weighted by Crippen LogP contribution is 2.25. The Balaban J connectivity index is 1.46. The first kappa shape index (κ1) is 23.3. The van der Waals surface area contributed by atoms with Crippen LogP contribution >= 0.6 is 0 Å². The molecule has 1 saturated heterocycles. The molecule has 7 heteroatoms. The lowest BCUT2D eigenvalue weighted by molar-refractivity contribution is 0.187. The van der Waals surface area contributed by atoms with Gasteiger partial charge in [0.2, 0.25) is 10.0 Å². The average molecular weight is 466 g/mol. The van der Waals surface area contributed by atoms with Gasteiger partial charge in [-0.15, -0.1) is 0 Å². The topological polar surface area (TPSA) is 61.9 Å². The van der Waals surface area contributed by atoms with Gasteiger partial charge in [0.1, 0.15) is 5.75 Å². The average Bonchev–Trinajstić information content (AvgIpc) is 2.85. The summed E-state index contributed by atoms with van der Waals surface area (Å²) in [6.45, 7) is 5.71. The van der Waals surface area contributed by atoms with Crippen molar-refractivity contribution in [2.75, 3.05) is 44.7 Å². The van der Waals surface area contributed by atoms with Crippen LogP contribution in [0.15, 0.2) is 83.8 Å². The van der Waals surface area contributed by atoms with Crippen LogP contribution in [0.1, 0.15) is 17.2 Å². The highest BCUT2D eigenvalue weighted by Gasteiger charge is 2.27. The maximum atomic E-state index is 12.9. The standard InChI is InChI=1S/C26H31N3O3S/c1-21-8-14-25(15-9-21)33(30,31)27-20-26(22-6-4-3-5-7-22)29-18-16-28(17-19-29)23-10-12-24(32-2)13-11-23/h3-15,26-27H,16-20H2,1-2H3/t26-/m1/s1. The quantitative estimate of drug-likeness (QED) is 0.548. The molecular formula is C26H31N3O3S. The molecule has 1 heterocycles. The molecule has 0 bridgehead atoms. The Bertz CT molecular complexity index is 1130. The minimum absolute atomic E-state index is 0.0376. The molecule has 1 atom stereocenters. The van der Waals surface area contributed by atoms with Crippen LogP contribution in [0.25, 0.3) is 0 Å². The van der Waals surface area contributed by atoms with Crippen molar-refractivity contribution < 1.29 is 13.2 Å². The molecule has 0 spiro atoms. The number of aryl methyl sites for hydroxylation is 1. The number of nitrogens with zero attached hydrogens (tertiary/aromatic N) is 2. The highest BCUT2D eigenvalue weighted by atomic mass is 32.2. The third kappa shape index (κ3) is 5.74. The molecule has 3 aromatic carbocycles. The maximum absolute atomic E-state index is 12.9. The van der Waals surface area contributed by atoms with Crippen LogP contribution in [0.2, 0.25) is 0 Å². The summed E-state index contributed by atoms with van der Waals surface area (Å²) in [6.07, 6.45) is 0. The van der Waals surface area contributed by atoms with E-state index in [-0.39, 0.29) is 6.04 Å². The molecule has 0 aliphatic carbocycles. The van der Waals surface area contributed by atoms with Crippen LogP contribution in [-0.2, 0) is 10.0 Å². The minimum Gasteiger partial charge on any atom is -0.497 e. The molecule has 0 radical (unpaired) electrons. The van der Waals surface area contributed by atoms with Gasteiger partial charge in [-0.2, -0.15) is 0 Å². The zero-order valence-corrected chi connectivity index (χ0v) is 20.0. The second-order valence-electron chi connectivity index (χ2n) is 8.31. The van der Waals surface area contributed by atoms with E-state index in [1.54, 1.807) is 19.2 Å². The van der Waals surface area contributed by atoms with Crippen molar-refractivity contribution >= 4 is 15.7 Å². The molecule has 1 N–H and O–H groups in total. The lowest BCUT2D eigenvalue weighted by Gasteiger charge is -2.40. The second kappa shape index (κ2) is 10.4. The number of rotatable bonds is 8. The van der Waals surface area contributed by atoms with Crippen LogP contribution in [0.5, 0.6) is 5.75 Å². The zero-order valence-electron chi connectivity index (χ0n) is 19.1. The number of anilines is 1. The van der Waals surface area contributed by atoms with Crippen molar-refractivity contribution in [1.82, 2.24) is 9.62 Å². The smallest absolute Gasteiger partial charge is 0.240 e. The summed E-state index contributed by atoms with van der Waals surface area (Å²) in [5, 5.41) is 0. The summed E-state index contributed by atoms with van der Waals surface area (Å²) < 4.78 is 33.9. The number of benzene rings is 3. The lowest BCUT2D eigenvalue weighted by atomic mass is 10.0. The Morgan fingerprint density at radius 3 is 2.12 bits per heavy atom. The molecule has 1 fully saturated rings. The fourth-order valence-electron chi connectivity index (χ4n) is 4.21. The molecule has 33 heavy (non-hydrogen) atoms. The zero-order chi connectivity index (χ0) is 23.3. The number of hydrogen-bond donors (Lipinski definition) is 1. The first-order valence-electron chi connectivity index (χ1n) is 11.2. The van der Waals surface area contributed by atoms with E-state index in [0.29, 0.717) is 11.4 Å². The van der Waals surface area contributed by atoms with Crippen LogP contribution in [0.4, 0.5) is 5.69 Å². The Labute approximate surface area is 196 Å². The summed E-state index contributed by atoms with van der Waals surface area (Å²) in [6, 6.07) is 25.2. The summed E-state index contributed by atoms with van der Waals surface area (Å²) in [5.41, 5.74) is 3.32. The van der Waals surface area contributed by atoms with Crippen LogP contribution < -0.4 is 14.4 Å². The number of sulfonamides is 1. The van der Waals surface area contributed by atoms with Crippen LogP contribution in [-0.4, -0.2) is 53.2 Å². The molecule has 6 nitrogen and oxygen atoms in total.